The number of halogens is 1. The van der Waals surface area contributed by atoms with E-state index in [9.17, 15) is 9.59 Å². The summed E-state index contributed by atoms with van der Waals surface area (Å²) < 4.78 is 0. The molecule has 0 bridgehead atoms. The summed E-state index contributed by atoms with van der Waals surface area (Å²) in [5.74, 6) is -0.721. The molecule has 0 aliphatic carbocycles. The third kappa shape index (κ3) is 2.72. The molecule has 2 heterocycles. The first-order chi connectivity index (χ1) is 12.6. The van der Waals surface area contributed by atoms with Crippen LogP contribution >= 0.6 is 11.6 Å². The third-order valence-corrected chi connectivity index (χ3v) is 5.08. The lowest BCUT2D eigenvalue weighted by molar-refractivity contribution is -0.119. The maximum atomic E-state index is 13.0. The Kier molecular flexibility index (Phi) is 4.12. The summed E-state index contributed by atoms with van der Waals surface area (Å²) in [6, 6.07) is 14.1. The first kappa shape index (κ1) is 16.6. The fraction of sp³-hybridized carbons (Fsp3) is 0.211. The van der Waals surface area contributed by atoms with Crippen molar-refractivity contribution in [1.82, 2.24) is 0 Å². The van der Waals surface area contributed by atoms with Gasteiger partial charge in [0, 0.05) is 23.7 Å². The minimum absolute atomic E-state index is 0.190. The van der Waals surface area contributed by atoms with Crippen molar-refractivity contribution in [1.29, 1.82) is 0 Å². The van der Waals surface area contributed by atoms with E-state index in [0.29, 0.717) is 23.7 Å². The molecule has 2 amide bonds. The van der Waals surface area contributed by atoms with Crippen molar-refractivity contribution < 1.29 is 9.59 Å². The fourth-order valence-electron chi connectivity index (χ4n) is 3.44. The van der Waals surface area contributed by atoms with Gasteiger partial charge in [-0.25, -0.2) is 0 Å². The van der Waals surface area contributed by atoms with Gasteiger partial charge in [0.15, 0.2) is 0 Å². The maximum Gasteiger partial charge on any atom is 0.274 e. The van der Waals surface area contributed by atoms with E-state index in [1.54, 1.807) is 4.90 Å². The zero-order valence-corrected chi connectivity index (χ0v) is 14.7. The van der Waals surface area contributed by atoms with E-state index in [4.69, 9.17) is 17.3 Å². The Morgan fingerprint density at radius 1 is 1.12 bits per heavy atom. The van der Waals surface area contributed by atoms with Crippen LogP contribution in [0.1, 0.15) is 12.0 Å². The summed E-state index contributed by atoms with van der Waals surface area (Å²) in [6.45, 7) is 0.545. The van der Waals surface area contributed by atoms with Gasteiger partial charge in [0.1, 0.15) is 11.8 Å². The molecule has 0 fully saturated rings. The molecule has 2 N–H and O–H groups in total. The van der Waals surface area contributed by atoms with Crippen molar-refractivity contribution in [2.45, 2.75) is 18.9 Å². The highest BCUT2D eigenvalue weighted by atomic mass is 35.5. The van der Waals surface area contributed by atoms with Gasteiger partial charge in [-0.15, -0.1) is 0 Å². The van der Waals surface area contributed by atoms with Crippen molar-refractivity contribution in [3.8, 4) is 0 Å². The van der Waals surface area contributed by atoms with E-state index in [0.717, 1.165) is 16.9 Å². The molecule has 6 nitrogen and oxygen atoms in total. The molecule has 0 spiro atoms. The van der Waals surface area contributed by atoms with Gasteiger partial charge in [0.05, 0.1) is 5.69 Å². The lowest BCUT2D eigenvalue weighted by atomic mass is 10.1. The van der Waals surface area contributed by atoms with Crippen LogP contribution in [0, 0.1) is 0 Å². The molecular formula is C19H17ClN4O2. The summed E-state index contributed by atoms with van der Waals surface area (Å²) in [6.07, 6.45) is 0.894. The molecule has 0 saturated carbocycles. The number of hydrogen-bond donors (Lipinski definition) is 1. The molecule has 2 aliphatic rings. The monoisotopic (exact) mass is 368 g/mol. The van der Waals surface area contributed by atoms with Gasteiger partial charge < -0.3 is 10.6 Å². The van der Waals surface area contributed by atoms with Crippen molar-refractivity contribution in [3.63, 3.8) is 0 Å². The Hall–Kier alpha value is -2.86. The number of rotatable bonds is 3. The highest BCUT2D eigenvalue weighted by Gasteiger charge is 2.38. The van der Waals surface area contributed by atoms with Gasteiger partial charge >= 0.3 is 0 Å². The number of para-hydroxylation sites is 1. The largest absolute Gasteiger partial charge is 0.368 e. The minimum atomic E-state index is -0.669. The first-order valence-corrected chi connectivity index (χ1v) is 8.74. The van der Waals surface area contributed by atoms with Gasteiger partial charge in [0.25, 0.3) is 5.91 Å². The topological polar surface area (TPSA) is 79.0 Å². The van der Waals surface area contributed by atoms with Gasteiger partial charge in [-0.3, -0.25) is 14.6 Å². The molecule has 0 radical (unpaired) electrons. The number of benzene rings is 2. The first-order valence-electron chi connectivity index (χ1n) is 8.36. The smallest absolute Gasteiger partial charge is 0.274 e. The molecular weight excluding hydrogens is 352 g/mol. The van der Waals surface area contributed by atoms with Crippen LogP contribution in [0.5, 0.6) is 0 Å². The SMILES string of the molecule is NC(=O)C1CC(C(=O)N2CCc3c(Cl)cccc32)=NN1c1ccccc1. The zero-order valence-electron chi connectivity index (χ0n) is 13.9. The van der Waals surface area contributed by atoms with Crippen LogP contribution in [-0.4, -0.2) is 30.1 Å². The highest BCUT2D eigenvalue weighted by molar-refractivity contribution is 6.45. The Labute approximate surface area is 155 Å². The molecule has 2 aliphatic heterocycles. The number of anilines is 2. The van der Waals surface area contributed by atoms with E-state index in [1.807, 2.05) is 48.5 Å². The van der Waals surface area contributed by atoms with E-state index in [2.05, 4.69) is 5.10 Å². The van der Waals surface area contributed by atoms with Crippen molar-refractivity contribution in [3.05, 3.63) is 59.1 Å². The highest BCUT2D eigenvalue weighted by Crippen LogP contribution is 2.34. The number of amides is 2. The number of carbonyl (C=O) groups is 2. The van der Waals surface area contributed by atoms with Gasteiger partial charge in [-0.2, -0.15) is 5.10 Å². The Morgan fingerprint density at radius 2 is 1.88 bits per heavy atom. The summed E-state index contributed by atoms with van der Waals surface area (Å²) in [7, 11) is 0. The van der Waals surface area contributed by atoms with E-state index < -0.39 is 11.9 Å². The molecule has 0 aromatic heterocycles. The Morgan fingerprint density at radius 3 is 2.62 bits per heavy atom. The molecule has 26 heavy (non-hydrogen) atoms. The lowest BCUT2D eigenvalue weighted by Gasteiger charge is -2.20. The van der Waals surface area contributed by atoms with E-state index in [-0.39, 0.29) is 12.3 Å². The van der Waals surface area contributed by atoms with Crippen LogP contribution < -0.4 is 15.6 Å². The second kappa shape index (κ2) is 6.46. The molecule has 7 heteroatoms. The fourth-order valence-corrected chi connectivity index (χ4v) is 3.70. The molecule has 4 rings (SSSR count). The molecule has 132 valence electrons. The van der Waals surface area contributed by atoms with E-state index in [1.165, 1.54) is 5.01 Å². The van der Waals surface area contributed by atoms with Crippen molar-refractivity contribution in [2.24, 2.45) is 10.8 Å². The van der Waals surface area contributed by atoms with Crippen LogP contribution in [0.15, 0.2) is 53.6 Å². The number of nitrogens with two attached hydrogens (primary N) is 1. The van der Waals surface area contributed by atoms with Crippen LogP contribution in [0.3, 0.4) is 0 Å². The summed E-state index contributed by atoms with van der Waals surface area (Å²) in [5, 5.41) is 6.62. The minimum Gasteiger partial charge on any atom is -0.368 e. The summed E-state index contributed by atoms with van der Waals surface area (Å²) in [5.41, 5.74) is 8.36. The summed E-state index contributed by atoms with van der Waals surface area (Å²) in [4.78, 5) is 26.6. The number of hydrazone groups is 1. The van der Waals surface area contributed by atoms with Gasteiger partial charge in [-0.1, -0.05) is 35.9 Å². The van der Waals surface area contributed by atoms with Crippen molar-refractivity contribution in [2.75, 3.05) is 16.5 Å². The van der Waals surface area contributed by atoms with Crippen molar-refractivity contribution >= 4 is 40.5 Å². The molecule has 2 aromatic carbocycles. The summed E-state index contributed by atoms with van der Waals surface area (Å²) >= 11 is 6.23. The van der Waals surface area contributed by atoms with Crippen LogP contribution in [0.4, 0.5) is 11.4 Å². The third-order valence-electron chi connectivity index (χ3n) is 4.72. The Balaban J connectivity index is 1.65. The number of nitrogens with zero attached hydrogens (tertiary/aromatic N) is 3. The lowest BCUT2D eigenvalue weighted by Crippen LogP contribution is -2.40. The average Bonchev–Trinajstić information content (AvgIpc) is 3.27. The second-order valence-electron chi connectivity index (χ2n) is 6.29. The predicted molar refractivity (Wildman–Crippen MR) is 101 cm³/mol. The number of hydrogen-bond acceptors (Lipinski definition) is 4. The predicted octanol–water partition coefficient (Wildman–Crippen LogP) is 2.35. The molecule has 0 saturated heterocycles. The number of fused-ring (bicyclic) bond motifs is 1. The second-order valence-corrected chi connectivity index (χ2v) is 6.70. The average molecular weight is 369 g/mol. The molecule has 1 atom stereocenters. The van der Waals surface area contributed by atoms with Crippen LogP contribution in [0.2, 0.25) is 5.02 Å². The van der Waals surface area contributed by atoms with Crippen LogP contribution in [0.25, 0.3) is 0 Å². The normalized spacial score (nSPS) is 18.7. The molecule has 2 aromatic rings. The van der Waals surface area contributed by atoms with Crippen LogP contribution in [-0.2, 0) is 16.0 Å². The van der Waals surface area contributed by atoms with E-state index >= 15 is 0 Å². The number of carbonyl (C=O) groups excluding carboxylic acids is 2. The molecule has 1 unspecified atom stereocenters. The van der Waals surface area contributed by atoms with Gasteiger partial charge in [-0.05, 0) is 36.2 Å². The standard InChI is InChI=1S/C19H17ClN4O2/c20-14-7-4-8-16-13(14)9-10-23(16)19(26)15-11-17(18(21)25)24(22-15)12-5-2-1-3-6-12/h1-8,17H,9-11H2,(H2,21,25). The zero-order chi connectivity index (χ0) is 18.3. The quantitative estimate of drug-likeness (QED) is 0.903. The number of primary amides is 1. The van der Waals surface area contributed by atoms with Gasteiger partial charge in [0.2, 0.25) is 5.91 Å². The maximum absolute atomic E-state index is 13.0. The Bertz CT molecular complexity index is 913.